The number of carbonyl (C=O) groups is 2. The van der Waals surface area contributed by atoms with Crippen molar-refractivity contribution in [2.75, 3.05) is 20.7 Å². The Labute approximate surface area is 111 Å². The zero-order valence-corrected chi connectivity index (χ0v) is 11.3. The molecule has 1 amide bonds. The molecule has 0 radical (unpaired) electrons. The quantitative estimate of drug-likeness (QED) is 0.780. The second-order valence-corrected chi connectivity index (χ2v) is 4.37. The van der Waals surface area contributed by atoms with Gasteiger partial charge >= 0.3 is 5.97 Å². The summed E-state index contributed by atoms with van der Waals surface area (Å²) < 4.78 is 4.61. The van der Waals surface area contributed by atoms with Crippen molar-refractivity contribution in [2.24, 2.45) is 5.92 Å². The average Bonchev–Trinajstić information content (AvgIpc) is 2.37. The smallest absolute Gasteiger partial charge is 0.310 e. The van der Waals surface area contributed by atoms with Gasteiger partial charge in [-0.1, -0.05) is 18.5 Å². The number of halogens is 1. The van der Waals surface area contributed by atoms with Gasteiger partial charge in [0.1, 0.15) is 0 Å². The maximum Gasteiger partial charge on any atom is 0.310 e. The van der Waals surface area contributed by atoms with E-state index in [1.807, 2.05) is 0 Å². The highest BCUT2D eigenvalue weighted by molar-refractivity contribution is 6.33. The Bertz CT molecular complexity index is 451. The molecule has 0 spiro atoms. The van der Waals surface area contributed by atoms with Gasteiger partial charge in [-0.2, -0.15) is 0 Å². The zero-order chi connectivity index (χ0) is 13.7. The molecule has 5 nitrogen and oxygen atoms in total. The minimum absolute atomic E-state index is 0.252. The third-order valence-corrected chi connectivity index (χ3v) is 2.80. The molecular formula is C12H15ClN2O3. The number of pyridine rings is 1. The molecule has 1 aromatic rings. The highest BCUT2D eigenvalue weighted by Crippen LogP contribution is 2.15. The van der Waals surface area contributed by atoms with Crippen LogP contribution < -0.4 is 0 Å². The van der Waals surface area contributed by atoms with Crippen molar-refractivity contribution in [1.82, 2.24) is 9.88 Å². The molecule has 0 saturated carbocycles. The highest BCUT2D eigenvalue weighted by Gasteiger charge is 2.20. The first-order valence-electron chi connectivity index (χ1n) is 5.40. The van der Waals surface area contributed by atoms with Gasteiger partial charge in [0.25, 0.3) is 5.91 Å². The van der Waals surface area contributed by atoms with Crippen molar-refractivity contribution >= 4 is 23.5 Å². The van der Waals surface area contributed by atoms with Gasteiger partial charge in [0, 0.05) is 26.0 Å². The number of amides is 1. The van der Waals surface area contributed by atoms with E-state index in [1.165, 1.54) is 24.4 Å². The lowest BCUT2D eigenvalue weighted by Gasteiger charge is -2.20. The summed E-state index contributed by atoms with van der Waals surface area (Å²) in [4.78, 5) is 28.6. The first-order valence-corrected chi connectivity index (χ1v) is 5.78. The van der Waals surface area contributed by atoms with Crippen LogP contribution in [0, 0.1) is 5.92 Å². The lowest BCUT2D eigenvalue weighted by Crippen LogP contribution is -2.34. The number of esters is 1. The van der Waals surface area contributed by atoms with Crippen LogP contribution in [-0.2, 0) is 9.53 Å². The Morgan fingerprint density at radius 1 is 1.56 bits per heavy atom. The standard InChI is InChI=1S/C12H15ClN2O3/c1-8(12(17)18-3)7-15(2)11(16)9-4-5-14-6-10(9)13/h4-6,8H,7H2,1-3H3. The maximum atomic E-state index is 12.1. The van der Waals surface area contributed by atoms with Gasteiger partial charge in [-0.05, 0) is 6.07 Å². The molecule has 0 aromatic carbocycles. The molecule has 1 atom stereocenters. The van der Waals surface area contributed by atoms with Crippen LogP contribution in [0.25, 0.3) is 0 Å². The monoisotopic (exact) mass is 270 g/mol. The van der Waals surface area contributed by atoms with E-state index in [4.69, 9.17) is 11.6 Å². The molecular weight excluding hydrogens is 256 g/mol. The van der Waals surface area contributed by atoms with Crippen molar-refractivity contribution < 1.29 is 14.3 Å². The number of rotatable bonds is 4. The number of hydrogen-bond acceptors (Lipinski definition) is 4. The third kappa shape index (κ3) is 3.43. The van der Waals surface area contributed by atoms with Gasteiger partial charge in [0.05, 0.1) is 23.6 Å². The summed E-state index contributed by atoms with van der Waals surface area (Å²) in [6.45, 7) is 1.97. The molecule has 98 valence electrons. The van der Waals surface area contributed by atoms with Crippen LogP contribution in [0.1, 0.15) is 17.3 Å². The molecule has 6 heteroatoms. The van der Waals surface area contributed by atoms with Gasteiger partial charge in [-0.15, -0.1) is 0 Å². The minimum Gasteiger partial charge on any atom is -0.469 e. The lowest BCUT2D eigenvalue weighted by atomic mass is 10.1. The summed E-state index contributed by atoms with van der Waals surface area (Å²) >= 11 is 5.89. The number of aromatic nitrogens is 1. The van der Waals surface area contributed by atoms with Gasteiger partial charge in [0.2, 0.25) is 0 Å². The van der Waals surface area contributed by atoms with E-state index >= 15 is 0 Å². The second-order valence-electron chi connectivity index (χ2n) is 3.97. The van der Waals surface area contributed by atoms with E-state index in [1.54, 1.807) is 20.0 Å². The average molecular weight is 271 g/mol. The van der Waals surface area contributed by atoms with Gasteiger partial charge < -0.3 is 9.64 Å². The van der Waals surface area contributed by atoms with Crippen LogP contribution >= 0.6 is 11.6 Å². The summed E-state index contributed by atoms with van der Waals surface area (Å²) in [5.41, 5.74) is 0.367. The fourth-order valence-corrected chi connectivity index (χ4v) is 1.72. The second kappa shape index (κ2) is 6.35. The van der Waals surface area contributed by atoms with E-state index in [-0.39, 0.29) is 24.3 Å². The number of methoxy groups -OCH3 is 1. The first kappa shape index (κ1) is 14.4. The van der Waals surface area contributed by atoms with Crippen LogP contribution in [0.5, 0.6) is 0 Å². The fourth-order valence-electron chi connectivity index (χ4n) is 1.52. The van der Waals surface area contributed by atoms with Crippen molar-refractivity contribution in [3.8, 4) is 0 Å². The Morgan fingerprint density at radius 2 is 2.22 bits per heavy atom. The van der Waals surface area contributed by atoms with E-state index < -0.39 is 0 Å². The summed E-state index contributed by atoms with van der Waals surface area (Å²) in [6.07, 6.45) is 2.91. The minimum atomic E-state index is -0.385. The van der Waals surface area contributed by atoms with Crippen molar-refractivity contribution in [3.63, 3.8) is 0 Å². The van der Waals surface area contributed by atoms with Gasteiger partial charge in [-0.3, -0.25) is 14.6 Å². The predicted molar refractivity (Wildman–Crippen MR) is 67.4 cm³/mol. The zero-order valence-electron chi connectivity index (χ0n) is 10.5. The van der Waals surface area contributed by atoms with Crippen molar-refractivity contribution in [1.29, 1.82) is 0 Å². The van der Waals surface area contributed by atoms with Crippen LogP contribution in [0.15, 0.2) is 18.5 Å². The van der Waals surface area contributed by atoms with Gasteiger partial charge in [-0.25, -0.2) is 0 Å². The van der Waals surface area contributed by atoms with Crippen molar-refractivity contribution in [2.45, 2.75) is 6.92 Å². The Morgan fingerprint density at radius 3 is 2.78 bits per heavy atom. The number of nitrogens with zero attached hydrogens (tertiary/aromatic N) is 2. The summed E-state index contributed by atoms with van der Waals surface area (Å²) in [5, 5.41) is 0.292. The maximum absolute atomic E-state index is 12.1. The van der Waals surface area contributed by atoms with Crippen LogP contribution in [0.3, 0.4) is 0 Å². The van der Waals surface area contributed by atoms with E-state index in [0.29, 0.717) is 10.6 Å². The van der Waals surface area contributed by atoms with Crippen LogP contribution in [0.2, 0.25) is 5.02 Å². The van der Waals surface area contributed by atoms with E-state index in [0.717, 1.165) is 0 Å². The number of ether oxygens (including phenoxy) is 1. The molecule has 0 N–H and O–H groups in total. The lowest BCUT2D eigenvalue weighted by molar-refractivity contribution is -0.145. The molecule has 0 bridgehead atoms. The molecule has 1 aromatic heterocycles. The number of carbonyl (C=O) groups excluding carboxylic acids is 2. The molecule has 0 aliphatic heterocycles. The van der Waals surface area contributed by atoms with E-state index in [2.05, 4.69) is 9.72 Å². The SMILES string of the molecule is COC(=O)C(C)CN(C)C(=O)c1ccncc1Cl. The normalized spacial score (nSPS) is 11.8. The molecule has 0 aliphatic carbocycles. The Kier molecular flexibility index (Phi) is 5.09. The Hall–Kier alpha value is -1.62. The highest BCUT2D eigenvalue weighted by atomic mass is 35.5. The summed E-state index contributed by atoms with van der Waals surface area (Å²) in [5.74, 6) is -0.988. The van der Waals surface area contributed by atoms with Crippen molar-refractivity contribution in [3.05, 3.63) is 29.0 Å². The third-order valence-electron chi connectivity index (χ3n) is 2.50. The predicted octanol–water partition coefficient (Wildman–Crippen LogP) is 1.62. The summed E-state index contributed by atoms with van der Waals surface area (Å²) in [7, 11) is 2.93. The molecule has 0 saturated heterocycles. The molecule has 1 unspecified atom stereocenters. The molecule has 1 rings (SSSR count). The molecule has 0 fully saturated rings. The molecule has 1 heterocycles. The fraction of sp³-hybridized carbons (Fsp3) is 0.417. The van der Waals surface area contributed by atoms with Crippen LogP contribution in [-0.4, -0.2) is 42.5 Å². The molecule has 18 heavy (non-hydrogen) atoms. The Balaban J connectivity index is 2.74. The number of hydrogen-bond donors (Lipinski definition) is 0. The van der Waals surface area contributed by atoms with Crippen LogP contribution in [0.4, 0.5) is 0 Å². The summed E-state index contributed by atoms with van der Waals surface area (Å²) in [6, 6.07) is 1.55. The first-order chi connectivity index (χ1) is 8.47. The topological polar surface area (TPSA) is 59.5 Å². The molecule has 0 aliphatic rings. The van der Waals surface area contributed by atoms with E-state index in [9.17, 15) is 9.59 Å². The largest absolute Gasteiger partial charge is 0.469 e. The van der Waals surface area contributed by atoms with Gasteiger partial charge in [0.15, 0.2) is 0 Å².